The highest BCUT2D eigenvalue weighted by atomic mass is 14.1. The summed E-state index contributed by atoms with van der Waals surface area (Å²) < 4.78 is 0. The zero-order valence-corrected chi connectivity index (χ0v) is 8.34. The van der Waals surface area contributed by atoms with Crippen LogP contribution in [0.15, 0.2) is 37.0 Å². The van der Waals surface area contributed by atoms with Crippen molar-refractivity contribution in [3.05, 3.63) is 37.0 Å². The molecule has 0 bridgehead atoms. The molecule has 0 rings (SSSR count). The van der Waals surface area contributed by atoms with Gasteiger partial charge in [-0.2, -0.15) is 0 Å². The predicted molar refractivity (Wildman–Crippen MR) is 57.2 cm³/mol. The first kappa shape index (κ1) is 11.2. The van der Waals surface area contributed by atoms with E-state index in [1.807, 2.05) is 12.2 Å². The molecule has 1 atom stereocenters. The van der Waals surface area contributed by atoms with Crippen molar-refractivity contribution in [1.29, 1.82) is 0 Å². The first-order valence-corrected chi connectivity index (χ1v) is 4.70. The second-order valence-corrected chi connectivity index (χ2v) is 3.21. The van der Waals surface area contributed by atoms with Crippen molar-refractivity contribution in [2.24, 2.45) is 5.92 Å². The Bertz CT molecular complexity index is 163. The Hall–Kier alpha value is -0.780. The summed E-state index contributed by atoms with van der Waals surface area (Å²) in [5, 5.41) is 0. The van der Waals surface area contributed by atoms with Gasteiger partial charge in [-0.05, 0) is 12.3 Å². The van der Waals surface area contributed by atoms with Crippen LogP contribution in [0.5, 0.6) is 0 Å². The predicted octanol–water partition coefficient (Wildman–Crippen LogP) is 4.11. The van der Waals surface area contributed by atoms with Crippen LogP contribution in [0.3, 0.4) is 0 Å². The lowest BCUT2D eigenvalue weighted by atomic mass is 9.96. The fraction of sp³-hybridized carbons (Fsp3) is 0.500. The van der Waals surface area contributed by atoms with Gasteiger partial charge in [0.05, 0.1) is 0 Å². The van der Waals surface area contributed by atoms with Crippen LogP contribution in [-0.4, -0.2) is 0 Å². The van der Waals surface area contributed by atoms with Crippen molar-refractivity contribution in [3.63, 3.8) is 0 Å². The van der Waals surface area contributed by atoms with Gasteiger partial charge in [0, 0.05) is 0 Å². The number of unbranched alkanes of at least 4 members (excludes halogenated alkanes) is 1. The van der Waals surface area contributed by atoms with E-state index in [-0.39, 0.29) is 0 Å². The molecule has 0 amide bonds. The zero-order valence-electron chi connectivity index (χ0n) is 8.34. The summed E-state index contributed by atoms with van der Waals surface area (Å²) in [6.45, 7) is 12.1. The Balaban J connectivity index is 3.76. The van der Waals surface area contributed by atoms with E-state index in [0.717, 1.165) is 0 Å². The molecule has 0 aliphatic heterocycles. The summed E-state index contributed by atoms with van der Waals surface area (Å²) in [6, 6.07) is 0. The highest BCUT2D eigenvalue weighted by Gasteiger charge is 2.01. The van der Waals surface area contributed by atoms with Crippen molar-refractivity contribution >= 4 is 0 Å². The van der Waals surface area contributed by atoms with Crippen LogP contribution in [0.25, 0.3) is 0 Å². The van der Waals surface area contributed by atoms with E-state index >= 15 is 0 Å². The maximum Gasteiger partial charge on any atom is -0.0196 e. The molecule has 0 aromatic heterocycles. The molecule has 0 aromatic carbocycles. The van der Waals surface area contributed by atoms with E-state index < -0.39 is 0 Å². The number of hydrogen-bond donors (Lipinski definition) is 0. The van der Waals surface area contributed by atoms with Gasteiger partial charge in [0.15, 0.2) is 0 Å². The van der Waals surface area contributed by atoms with Crippen molar-refractivity contribution in [1.82, 2.24) is 0 Å². The molecule has 0 nitrogen and oxygen atoms in total. The van der Waals surface area contributed by atoms with Gasteiger partial charge in [-0.15, -0.1) is 0 Å². The maximum absolute atomic E-state index is 4.01. The number of hydrogen-bond acceptors (Lipinski definition) is 0. The molecule has 1 unspecified atom stereocenters. The van der Waals surface area contributed by atoms with Gasteiger partial charge in [-0.1, -0.05) is 63.6 Å². The van der Waals surface area contributed by atoms with Crippen molar-refractivity contribution in [3.8, 4) is 0 Å². The Morgan fingerprint density at radius 2 is 2.17 bits per heavy atom. The Morgan fingerprint density at radius 1 is 1.50 bits per heavy atom. The molecule has 0 aromatic rings. The SMILES string of the molecule is C=C/C=C\C(=C)C(C)CCCC. The van der Waals surface area contributed by atoms with Crippen molar-refractivity contribution in [2.45, 2.75) is 33.1 Å². The third-order valence-corrected chi connectivity index (χ3v) is 2.07. The molecule has 0 saturated heterocycles. The van der Waals surface area contributed by atoms with E-state index in [1.165, 1.54) is 24.8 Å². The van der Waals surface area contributed by atoms with E-state index in [4.69, 9.17) is 0 Å². The van der Waals surface area contributed by atoms with E-state index in [0.29, 0.717) is 5.92 Å². The summed E-state index contributed by atoms with van der Waals surface area (Å²) in [5.41, 5.74) is 1.21. The van der Waals surface area contributed by atoms with Gasteiger partial charge in [0.25, 0.3) is 0 Å². The average Bonchev–Trinajstić information content (AvgIpc) is 2.10. The molecule has 0 N–H and O–H groups in total. The summed E-state index contributed by atoms with van der Waals surface area (Å²) in [4.78, 5) is 0. The minimum absolute atomic E-state index is 0.612. The first-order valence-electron chi connectivity index (χ1n) is 4.70. The normalized spacial score (nSPS) is 13.2. The number of allylic oxidation sites excluding steroid dienone is 4. The molecule has 68 valence electrons. The molecular formula is C12H20. The fourth-order valence-corrected chi connectivity index (χ4v) is 1.05. The lowest BCUT2D eigenvalue weighted by Crippen LogP contribution is -1.95. The zero-order chi connectivity index (χ0) is 9.40. The fourth-order valence-electron chi connectivity index (χ4n) is 1.05. The van der Waals surface area contributed by atoms with Gasteiger partial charge in [0.2, 0.25) is 0 Å². The molecule has 0 radical (unpaired) electrons. The van der Waals surface area contributed by atoms with Crippen LogP contribution in [0.2, 0.25) is 0 Å². The maximum atomic E-state index is 4.01. The Kier molecular flexibility index (Phi) is 6.45. The lowest BCUT2D eigenvalue weighted by molar-refractivity contribution is 0.582. The van der Waals surface area contributed by atoms with Gasteiger partial charge < -0.3 is 0 Å². The molecule has 0 fully saturated rings. The lowest BCUT2D eigenvalue weighted by Gasteiger charge is -2.09. The van der Waals surface area contributed by atoms with Crippen LogP contribution in [0.1, 0.15) is 33.1 Å². The second kappa shape index (κ2) is 6.90. The van der Waals surface area contributed by atoms with E-state index in [1.54, 1.807) is 6.08 Å². The van der Waals surface area contributed by atoms with Gasteiger partial charge in [-0.3, -0.25) is 0 Å². The molecule has 0 spiro atoms. The minimum Gasteiger partial charge on any atom is -0.0991 e. The standard InChI is InChI=1S/C12H20/c1-5-7-9-11(3)12(4)10-8-6-2/h5,7,9,12H,1,3,6,8,10H2,2,4H3/b9-7-. The number of rotatable bonds is 6. The molecule has 0 heterocycles. The van der Waals surface area contributed by atoms with E-state index in [9.17, 15) is 0 Å². The quantitative estimate of drug-likeness (QED) is 0.518. The molecular weight excluding hydrogens is 144 g/mol. The summed E-state index contributed by atoms with van der Waals surface area (Å²) in [6.07, 6.45) is 9.59. The van der Waals surface area contributed by atoms with Crippen LogP contribution in [0.4, 0.5) is 0 Å². The van der Waals surface area contributed by atoms with Crippen LogP contribution in [-0.2, 0) is 0 Å². The Morgan fingerprint density at radius 3 is 2.67 bits per heavy atom. The average molecular weight is 164 g/mol. The largest absolute Gasteiger partial charge is 0.0991 e. The summed E-state index contributed by atoms with van der Waals surface area (Å²) in [7, 11) is 0. The molecule has 12 heavy (non-hydrogen) atoms. The third-order valence-electron chi connectivity index (χ3n) is 2.07. The topological polar surface area (TPSA) is 0 Å². The first-order chi connectivity index (χ1) is 5.72. The highest BCUT2D eigenvalue weighted by Crippen LogP contribution is 2.16. The minimum atomic E-state index is 0.612. The molecule has 0 saturated carbocycles. The highest BCUT2D eigenvalue weighted by molar-refractivity contribution is 5.20. The van der Waals surface area contributed by atoms with Crippen LogP contribution < -0.4 is 0 Å². The van der Waals surface area contributed by atoms with E-state index in [2.05, 4.69) is 27.0 Å². The summed E-state index contributed by atoms with van der Waals surface area (Å²) >= 11 is 0. The summed E-state index contributed by atoms with van der Waals surface area (Å²) in [5.74, 6) is 0.612. The van der Waals surface area contributed by atoms with Gasteiger partial charge >= 0.3 is 0 Å². The third kappa shape index (κ3) is 4.95. The monoisotopic (exact) mass is 164 g/mol. The van der Waals surface area contributed by atoms with Crippen molar-refractivity contribution < 1.29 is 0 Å². The van der Waals surface area contributed by atoms with Crippen molar-refractivity contribution in [2.75, 3.05) is 0 Å². The smallest absolute Gasteiger partial charge is 0.0196 e. The molecule has 0 aliphatic carbocycles. The van der Waals surface area contributed by atoms with Gasteiger partial charge in [-0.25, -0.2) is 0 Å². The molecule has 0 heteroatoms. The van der Waals surface area contributed by atoms with Crippen LogP contribution >= 0.6 is 0 Å². The Labute approximate surface area is 76.7 Å². The second-order valence-electron chi connectivity index (χ2n) is 3.21. The molecule has 0 aliphatic rings. The van der Waals surface area contributed by atoms with Gasteiger partial charge in [0.1, 0.15) is 0 Å². The van der Waals surface area contributed by atoms with Crippen LogP contribution in [0, 0.1) is 5.92 Å².